The molecule has 1 aromatic carbocycles. The van der Waals surface area contributed by atoms with Gasteiger partial charge < -0.3 is 0 Å². The van der Waals surface area contributed by atoms with Gasteiger partial charge in [-0.1, -0.05) is 15.9 Å². The molecule has 0 unspecified atom stereocenters. The molecule has 0 spiro atoms. The fourth-order valence-electron chi connectivity index (χ4n) is 1.84. The van der Waals surface area contributed by atoms with Crippen LogP contribution in [-0.4, -0.2) is 5.78 Å². The first-order chi connectivity index (χ1) is 6.18. The summed E-state index contributed by atoms with van der Waals surface area (Å²) in [6, 6.07) is 4.08. The van der Waals surface area contributed by atoms with Crippen molar-refractivity contribution in [2.24, 2.45) is 0 Å². The number of rotatable bonds is 0. The van der Waals surface area contributed by atoms with Crippen LogP contribution in [0.15, 0.2) is 16.6 Å². The first kappa shape index (κ1) is 8.95. The van der Waals surface area contributed by atoms with Gasteiger partial charge in [0.2, 0.25) is 0 Å². The molecule has 1 aromatic rings. The number of Topliss-reactive ketones (excluding diaryl/α,β-unsaturated/α-hetero) is 1. The maximum absolute atomic E-state index is 11.6. The van der Waals surface area contributed by atoms with Crippen molar-refractivity contribution in [1.82, 2.24) is 0 Å². The smallest absolute Gasteiger partial charge is 0.163 e. The predicted molar refractivity (Wildman–Crippen MR) is 56.1 cm³/mol. The van der Waals surface area contributed by atoms with Gasteiger partial charge in [0.25, 0.3) is 0 Å². The molecule has 0 fully saturated rings. The number of fused-ring (bicyclic) bond motifs is 1. The van der Waals surface area contributed by atoms with Crippen LogP contribution in [0.5, 0.6) is 0 Å². The molecule has 1 aliphatic carbocycles. The van der Waals surface area contributed by atoms with Crippen molar-refractivity contribution in [3.05, 3.63) is 33.3 Å². The van der Waals surface area contributed by atoms with Crippen LogP contribution in [0.3, 0.4) is 0 Å². The summed E-state index contributed by atoms with van der Waals surface area (Å²) in [7, 11) is 0. The van der Waals surface area contributed by atoms with E-state index in [1.165, 1.54) is 5.56 Å². The molecule has 0 atom stereocenters. The molecule has 0 heterocycles. The van der Waals surface area contributed by atoms with Gasteiger partial charge in [-0.3, -0.25) is 4.79 Å². The monoisotopic (exact) mass is 238 g/mol. The van der Waals surface area contributed by atoms with Gasteiger partial charge in [0, 0.05) is 16.5 Å². The molecule has 0 saturated carbocycles. The van der Waals surface area contributed by atoms with Crippen molar-refractivity contribution in [3.8, 4) is 0 Å². The molecular weight excluding hydrogens is 228 g/mol. The zero-order chi connectivity index (χ0) is 9.42. The summed E-state index contributed by atoms with van der Waals surface area (Å²) < 4.78 is 1.09. The molecule has 2 heteroatoms. The van der Waals surface area contributed by atoms with E-state index in [0.29, 0.717) is 12.2 Å². The first-order valence-electron chi connectivity index (χ1n) is 4.50. The Morgan fingerprint density at radius 3 is 2.85 bits per heavy atom. The number of carbonyl (C=O) groups is 1. The normalized spacial score (nSPS) is 15.7. The number of halogens is 1. The third-order valence-electron chi connectivity index (χ3n) is 2.47. The molecule has 68 valence electrons. The van der Waals surface area contributed by atoms with Crippen LogP contribution in [0.4, 0.5) is 0 Å². The summed E-state index contributed by atoms with van der Waals surface area (Å²) in [6.45, 7) is 2.02. The highest BCUT2D eigenvalue weighted by Crippen LogP contribution is 2.29. The van der Waals surface area contributed by atoms with Crippen LogP contribution < -0.4 is 0 Å². The Hall–Kier alpha value is -0.630. The number of aryl methyl sites for hydroxylation is 1. The third-order valence-corrected chi connectivity index (χ3v) is 3.18. The van der Waals surface area contributed by atoms with E-state index in [2.05, 4.69) is 22.0 Å². The molecule has 0 aliphatic heterocycles. The SMILES string of the molecule is Cc1cc(Br)c2c(c1)C(=O)CCC2. The first-order valence-corrected chi connectivity index (χ1v) is 5.30. The quantitative estimate of drug-likeness (QED) is 0.679. The van der Waals surface area contributed by atoms with Crippen molar-refractivity contribution >= 4 is 21.7 Å². The van der Waals surface area contributed by atoms with Gasteiger partial charge in [0.1, 0.15) is 0 Å². The maximum atomic E-state index is 11.6. The summed E-state index contributed by atoms with van der Waals surface area (Å²) in [5, 5.41) is 0. The highest BCUT2D eigenvalue weighted by molar-refractivity contribution is 9.10. The van der Waals surface area contributed by atoms with Gasteiger partial charge in [-0.25, -0.2) is 0 Å². The van der Waals surface area contributed by atoms with Crippen molar-refractivity contribution < 1.29 is 4.79 Å². The van der Waals surface area contributed by atoms with E-state index >= 15 is 0 Å². The largest absolute Gasteiger partial charge is 0.294 e. The Kier molecular flexibility index (Phi) is 2.24. The van der Waals surface area contributed by atoms with Gasteiger partial charge in [0.05, 0.1) is 0 Å². The van der Waals surface area contributed by atoms with Crippen molar-refractivity contribution in [2.75, 3.05) is 0 Å². The second-order valence-corrected chi connectivity index (χ2v) is 4.40. The van der Waals surface area contributed by atoms with Crippen LogP contribution in [0.1, 0.15) is 34.3 Å². The summed E-state index contributed by atoms with van der Waals surface area (Å²) in [5.41, 5.74) is 3.28. The molecule has 1 nitrogen and oxygen atoms in total. The van der Waals surface area contributed by atoms with E-state index in [1.807, 2.05) is 13.0 Å². The zero-order valence-electron chi connectivity index (χ0n) is 7.56. The van der Waals surface area contributed by atoms with Gasteiger partial charge in [-0.05, 0) is 43.0 Å². The Balaban J connectivity index is 2.63. The number of benzene rings is 1. The van der Waals surface area contributed by atoms with Crippen LogP contribution in [-0.2, 0) is 6.42 Å². The number of hydrogen-bond donors (Lipinski definition) is 0. The highest BCUT2D eigenvalue weighted by atomic mass is 79.9. The van der Waals surface area contributed by atoms with Crippen LogP contribution in [0.2, 0.25) is 0 Å². The number of ketones is 1. The van der Waals surface area contributed by atoms with E-state index in [1.54, 1.807) is 0 Å². The summed E-state index contributed by atoms with van der Waals surface area (Å²) in [5.74, 6) is 0.297. The number of hydrogen-bond acceptors (Lipinski definition) is 1. The second-order valence-electron chi connectivity index (χ2n) is 3.55. The average molecular weight is 239 g/mol. The Morgan fingerprint density at radius 1 is 1.31 bits per heavy atom. The van der Waals surface area contributed by atoms with E-state index in [-0.39, 0.29) is 0 Å². The van der Waals surface area contributed by atoms with E-state index in [0.717, 1.165) is 28.4 Å². The molecule has 1 aliphatic rings. The highest BCUT2D eigenvalue weighted by Gasteiger charge is 2.19. The lowest BCUT2D eigenvalue weighted by atomic mass is 9.89. The van der Waals surface area contributed by atoms with Crippen LogP contribution in [0, 0.1) is 6.92 Å². The lowest BCUT2D eigenvalue weighted by molar-refractivity contribution is 0.0972. The molecule has 13 heavy (non-hydrogen) atoms. The van der Waals surface area contributed by atoms with Crippen LogP contribution >= 0.6 is 15.9 Å². The fraction of sp³-hybridized carbons (Fsp3) is 0.364. The van der Waals surface area contributed by atoms with Crippen molar-refractivity contribution in [3.63, 3.8) is 0 Å². The zero-order valence-corrected chi connectivity index (χ0v) is 9.15. The maximum Gasteiger partial charge on any atom is 0.163 e. The van der Waals surface area contributed by atoms with Gasteiger partial charge in [0.15, 0.2) is 5.78 Å². The topological polar surface area (TPSA) is 17.1 Å². The minimum atomic E-state index is 0.297. The minimum absolute atomic E-state index is 0.297. The Morgan fingerprint density at radius 2 is 2.08 bits per heavy atom. The van der Waals surface area contributed by atoms with E-state index in [4.69, 9.17) is 0 Å². The number of carbonyl (C=O) groups excluding carboxylic acids is 1. The summed E-state index contributed by atoms with van der Waals surface area (Å²) >= 11 is 3.51. The Bertz CT molecular complexity index is 369. The van der Waals surface area contributed by atoms with Gasteiger partial charge in [-0.2, -0.15) is 0 Å². The van der Waals surface area contributed by atoms with Crippen molar-refractivity contribution in [2.45, 2.75) is 26.2 Å². The molecule has 0 N–H and O–H groups in total. The molecular formula is C11H11BrO. The van der Waals surface area contributed by atoms with Crippen LogP contribution in [0.25, 0.3) is 0 Å². The van der Waals surface area contributed by atoms with Gasteiger partial charge in [-0.15, -0.1) is 0 Å². The molecule has 0 aromatic heterocycles. The predicted octanol–water partition coefficient (Wildman–Crippen LogP) is 3.28. The summed E-state index contributed by atoms with van der Waals surface area (Å²) in [6.07, 6.45) is 2.73. The second kappa shape index (κ2) is 3.26. The molecule has 0 radical (unpaired) electrons. The van der Waals surface area contributed by atoms with Crippen molar-refractivity contribution in [1.29, 1.82) is 0 Å². The Labute approximate surface area is 86.3 Å². The molecule has 2 rings (SSSR count). The van der Waals surface area contributed by atoms with E-state index < -0.39 is 0 Å². The summed E-state index contributed by atoms with van der Waals surface area (Å²) in [4.78, 5) is 11.6. The standard InChI is InChI=1S/C11H11BrO/c1-7-5-9-8(10(12)6-7)3-2-4-11(9)13/h5-6H,2-4H2,1H3. The van der Waals surface area contributed by atoms with Gasteiger partial charge >= 0.3 is 0 Å². The fourth-order valence-corrected chi connectivity index (χ4v) is 2.61. The molecule has 0 amide bonds. The van der Waals surface area contributed by atoms with E-state index in [9.17, 15) is 4.79 Å². The molecule has 0 saturated heterocycles. The minimum Gasteiger partial charge on any atom is -0.294 e. The average Bonchev–Trinajstić information content (AvgIpc) is 2.07. The lowest BCUT2D eigenvalue weighted by Gasteiger charge is -2.16. The third kappa shape index (κ3) is 1.55. The lowest BCUT2D eigenvalue weighted by Crippen LogP contribution is -2.11. The molecule has 0 bridgehead atoms.